The first-order chi connectivity index (χ1) is 7.54. The summed E-state index contributed by atoms with van der Waals surface area (Å²) < 4.78 is 0. The van der Waals surface area contributed by atoms with Crippen molar-refractivity contribution in [1.82, 2.24) is 0 Å². The lowest BCUT2D eigenvalue weighted by atomic mass is 9.74. The highest BCUT2D eigenvalue weighted by molar-refractivity contribution is 5.90. The van der Waals surface area contributed by atoms with Crippen molar-refractivity contribution >= 4 is 5.78 Å². The Morgan fingerprint density at radius 3 is 2.81 bits per heavy atom. The molecule has 3 heteroatoms. The average Bonchev–Trinajstić information content (AvgIpc) is 2.24. The molecule has 0 saturated heterocycles. The van der Waals surface area contributed by atoms with Gasteiger partial charge in [0, 0.05) is 12.8 Å². The summed E-state index contributed by atoms with van der Waals surface area (Å²) in [5, 5.41) is 9.68. The summed E-state index contributed by atoms with van der Waals surface area (Å²) in [6, 6.07) is 7.63. The minimum atomic E-state index is -0.997. The zero-order chi connectivity index (χ0) is 11.8. The highest BCUT2D eigenvalue weighted by Gasteiger charge is 2.41. The highest BCUT2D eigenvalue weighted by Crippen LogP contribution is 2.33. The van der Waals surface area contributed by atoms with Crippen molar-refractivity contribution in [3.8, 4) is 0 Å². The van der Waals surface area contributed by atoms with E-state index >= 15 is 0 Å². The van der Waals surface area contributed by atoms with Gasteiger partial charge in [0.25, 0.3) is 0 Å². The number of benzene rings is 1. The van der Waals surface area contributed by atoms with E-state index in [0.717, 1.165) is 11.1 Å². The van der Waals surface area contributed by atoms with Gasteiger partial charge in [0.1, 0.15) is 5.54 Å². The molecule has 86 valence electrons. The molecule has 3 N–H and O–H groups in total. The minimum Gasteiger partial charge on any atom is -0.393 e. The van der Waals surface area contributed by atoms with Gasteiger partial charge in [-0.25, -0.2) is 0 Å². The number of hydrogen-bond donors (Lipinski definition) is 2. The molecule has 1 fully saturated rings. The zero-order valence-corrected chi connectivity index (χ0v) is 9.44. The van der Waals surface area contributed by atoms with Crippen LogP contribution in [-0.4, -0.2) is 17.0 Å². The zero-order valence-electron chi connectivity index (χ0n) is 9.44. The quantitative estimate of drug-likeness (QED) is 0.747. The van der Waals surface area contributed by atoms with Crippen molar-refractivity contribution in [2.24, 2.45) is 5.73 Å². The second kappa shape index (κ2) is 4.00. The van der Waals surface area contributed by atoms with Gasteiger partial charge >= 0.3 is 0 Å². The molecule has 3 nitrogen and oxygen atoms in total. The number of nitrogens with two attached hydrogens (primary N) is 1. The first kappa shape index (κ1) is 11.3. The summed E-state index contributed by atoms with van der Waals surface area (Å²) in [6.45, 7) is 1.94. The third kappa shape index (κ3) is 1.77. The Morgan fingerprint density at radius 2 is 2.12 bits per heavy atom. The minimum absolute atomic E-state index is 0.0344. The molecular formula is C13H17NO2. The molecule has 0 bridgehead atoms. The van der Waals surface area contributed by atoms with Gasteiger partial charge in [0.15, 0.2) is 5.78 Å². The lowest BCUT2D eigenvalue weighted by molar-refractivity contribution is -0.129. The van der Waals surface area contributed by atoms with Gasteiger partial charge in [-0.3, -0.25) is 4.79 Å². The van der Waals surface area contributed by atoms with Crippen molar-refractivity contribution in [1.29, 1.82) is 0 Å². The lowest BCUT2D eigenvalue weighted by Gasteiger charge is -2.35. The largest absolute Gasteiger partial charge is 0.393 e. The fourth-order valence-corrected chi connectivity index (χ4v) is 2.44. The molecule has 1 aromatic rings. The number of Topliss-reactive ketones (excluding diaryl/α,β-unsaturated/α-hetero) is 1. The molecule has 0 aromatic heterocycles. The first-order valence-corrected chi connectivity index (χ1v) is 5.60. The third-order valence-corrected chi connectivity index (χ3v) is 3.39. The monoisotopic (exact) mass is 219 g/mol. The van der Waals surface area contributed by atoms with Gasteiger partial charge in [0.05, 0.1) is 6.10 Å². The van der Waals surface area contributed by atoms with Crippen LogP contribution in [0.2, 0.25) is 0 Å². The van der Waals surface area contributed by atoms with E-state index in [9.17, 15) is 9.90 Å². The van der Waals surface area contributed by atoms with E-state index in [1.807, 2.05) is 31.2 Å². The van der Waals surface area contributed by atoms with E-state index in [1.54, 1.807) is 0 Å². The number of aryl methyl sites for hydroxylation is 1. The normalized spacial score (nSPS) is 30.4. The number of ketones is 1. The maximum absolute atomic E-state index is 12.0. The summed E-state index contributed by atoms with van der Waals surface area (Å²) in [5.41, 5.74) is 7.06. The Morgan fingerprint density at radius 1 is 1.44 bits per heavy atom. The van der Waals surface area contributed by atoms with Crippen LogP contribution in [0, 0.1) is 6.92 Å². The molecule has 2 atom stereocenters. The maximum Gasteiger partial charge on any atom is 0.157 e. The van der Waals surface area contributed by atoms with Crippen molar-refractivity contribution in [2.75, 3.05) is 0 Å². The molecule has 1 saturated carbocycles. The average molecular weight is 219 g/mol. The van der Waals surface area contributed by atoms with Crippen molar-refractivity contribution < 1.29 is 9.90 Å². The Labute approximate surface area is 95.3 Å². The fraction of sp³-hybridized carbons (Fsp3) is 0.462. The number of hydrogen-bond acceptors (Lipinski definition) is 3. The summed E-state index contributed by atoms with van der Waals surface area (Å²) >= 11 is 0. The number of aliphatic hydroxyl groups is 1. The van der Waals surface area contributed by atoms with Gasteiger partial charge in [-0.15, -0.1) is 0 Å². The Balaban J connectivity index is 2.44. The molecule has 0 spiro atoms. The van der Waals surface area contributed by atoms with Crippen LogP contribution in [0.1, 0.15) is 30.4 Å². The van der Waals surface area contributed by atoms with Crippen LogP contribution >= 0.6 is 0 Å². The first-order valence-electron chi connectivity index (χ1n) is 5.60. The van der Waals surface area contributed by atoms with Crippen molar-refractivity contribution in [3.05, 3.63) is 35.4 Å². The second-order valence-electron chi connectivity index (χ2n) is 4.61. The van der Waals surface area contributed by atoms with Gasteiger partial charge in [-0.05, 0) is 24.5 Å². The van der Waals surface area contributed by atoms with Crippen LogP contribution in [0.15, 0.2) is 24.3 Å². The van der Waals surface area contributed by atoms with Crippen LogP contribution in [-0.2, 0) is 10.3 Å². The summed E-state index contributed by atoms with van der Waals surface area (Å²) in [5.74, 6) is 0.0344. The Kier molecular flexibility index (Phi) is 2.82. The van der Waals surface area contributed by atoms with Crippen molar-refractivity contribution in [3.63, 3.8) is 0 Å². The van der Waals surface area contributed by atoms with E-state index in [4.69, 9.17) is 5.73 Å². The molecular weight excluding hydrogens is 202 g/mol. The molecule has 1 aliphatic carbocycles. The van der Waals surface area contributed by atoms with Crippen molar-refractivity contribution in [2.45, 2.75) is 37.8 Å². The fourth-order valence-electron chi connectivity index (χ4n) is 2.44. The Bertz CT molecular complexity index is 416. The third-order valence-electron chi connectivity index (χ3n) is 3.39. The SMILES string of the molecule is Cc1ccccc1[C@]1(N)C[C@@H](O)CCC1=O. The van der Waals surface area contributed by atoms with E-state index < -0.39 is 11.6 Å². The predicted octanol–water partition coefficient (Wildman–Crippen LogP) is 1.26. The van der Waals surface area contributed by atoms with E-state index in [-0.39, 0.29) is 5.78 Å². The molecule has 16 heavy (non-hydrogen) atoms. The molecule has 0 amide bonds. The summed E-state index contributed by atoms with van der Waals surface area (Å²) in [6.07, 6.45) is 0.758. The molecule has 0 unspecified atom stereocenters. The molecule has 1 aromatic carbocycles. The van der Waals surface area contributed by atoms with E-state index in [0.29, 0.717) is 19.3 Å². The van der Waals surface area contributed by atoms with Crippen LogP contribution < -0.4 is 5.73 Å². The lowest BCUT2D eigenvalue weighted by Crippen LogP contribution is -2.50. The Hall–Kier alpha value is -1.19. The van der Waals surface area contributed by atoms with Crippen LogP contribution in [0.4, 0.5) is 0 Å². The van der Waals surface area contributed by atoms with Crippen LogP contribution in [0.25, 0.3) is 0 Å². The van der Waals surface area contributed by atoms with Gasteiger partial charge in [0.2, 0.25) is 0 Å². The molecule has 0 aliphatic heterocycles. The van der Waals surface area contributed by atoms with Gasteiger partial charge in [-0.1, -0.05) is 24.3 Å². The van der Waals surface area contributed by atoms with Gasteiger partial charge < -0.3 is 10.8 Å². The topological polar surface area (TPSA) is 63.3 Å². The van der Waals surface area contributed by atoms with E-state index in [2.05, 4.69) is 0 Å². The maximum atomic E-state index is 12.0. The number of rotatable bonds is 1. The van der Waals surface area contributed by atoms with E-state index in [1.165, 1.54) is 0 Å². The highest BCUT2D eigenvalue weighted by atomic mass is 16.3. The molecule has 2 rings (SSSR count). The number of carbonyl (C=O) groups is 1. The molecule has 1 aliphatic rings. The predicted molar refractivity (Wildman–Crippen MR) is 61.9 cm³/mol. The second-order valence-corrected chi connectivity index (χ2v) is 4.61. The summed E-state index contributed by atoms with van der Waals surface area (Å²) in [7, 11) is 0. The number of carbonyl (C=O) groups excluding carboxylic acids is 1. The van der Waals surface area contributed by atoms with Crippen LogP contribution in [0.5, 0.6) is 0 Å². The van der Waals surface area contributed by atoms with Crippen LogP contribution in [0.3, 0.4) is 0 Å². The smallest absolute Gasteiger partial charge is 0.157 e. The summed E-state index contributed by atoms with van der Waals surface area (Å²) in [4.78, 5) is 12.0. The standard InChI is InChI=1S/C13H17NO2/c1-9-4-2-3-5-11(9)13(14)8-10(15)6-7-12(13)16/h2-5,10,15H,6-8,14H2,1H3/t10-,13+/m0/s1. The van der Waals surface area contributed by atoms with Gasteiger partial charge in [-0.2, -0.15) is 0 Å². The molecule has 0 heterocycles. The molecule has 0 radical (unpaired) electrons. The number of aliphatic hydroxyl groups excluding tert-OH is 1.